The maximum absolute atomic E-state index is 12.9. The largest absolute Gasteiger partial charge is 0.477 e. The number of hydrogen-bond donors (Lipinski definition) is 2. The van der Waals surface area contributed by atoms with Crippen LogP contribution in [0, 0.1) is 5.82 Å². The number of hydrogen-bond acceptors (Lipinski definition) is 4. The predicted octanol–water partition coefficient (Wildman–Crippen LogP) is 2.56. The summed E-state index contributed by atoms with van der Waals surface area (Å²) in [6, 6.07) is 6.04. The van der Waals surface area contributed by atoms with Crippen molar-refractivity contribution in [1.29, 1.82) is 0 Å². The van der Waals surface area contributed by atoms with Crippen LogP contribution in [0.15, 0.2) is 30.5 Å². The Balaban J connectivity index is 1.99. The van der Waals surface area contributed by atoms with Crippen molar-refractivity contribution in [2.75, 3.05) is 5.32 Å². The Kier molecular flexibility index (Phi) is 3.06. The molecule has 20 heavy (non-hydrogen) atoms. The molecule has 0 aliphatic heterocycles. The fourth-order valence-corrected chi connectivity index (χ4v) is 1.81. The van der Waals surface area contributed by atoms with Gasteiger partial charge in [-0.25, -0.2) is 19.2 Å². The zero-order chi connectivity index (χ0) is 14.1. The van der Waals surface area contributed by atoms with Crippen LogP contribution in [0.3, 0.4) is 0 Å². The first-order valence-corrected chi connectivity index (χ1v) is 6.26. The third-order valence-corrected chi connectivity index (χ3v) is 3.04. The molecule has 5 nitrogen and oxygen atoms in total. The molecule has 0 atom stereocenters. The Morgan fingerprint density at radius 2 is 2.00 bits per heavy atom. The van der Waals surface area contributed by atoms with Gasteiger partial charge in [-0.05, 0) is 37.1 Å². The van der Waals surface area contributed by atoms with Crippen LogP contribution in [0.1, 0.15) is 23.2 Å². The number of nitrogens with one attached hydrogen (secondary N) is 1. The number of aromatic nitrogens is 2. The zero-order valence-corrected chi connectivity index (χ0v) is 10.5. The van der Waals surface area contributed by atoms with E-state index >= 15 is 0 Å². The second-order valence-corrected chi connectivity index (χ2v) is 4.69. The second kappa shape index (κ2) is 4.88. The molecule has 1 aliphatic rings. The average molecular weight is 273 g/mol. The molecule has 3 rings (SSSR count). The number of carbonyl (C=O) groups is 1. The van der Waals surface area contributed by atoms with Crippen molar-refractivity contribution in [1.82, 2.24) is 9.97 Å². The molecule has 1 aliphatic carbocycles. The van der Waals surface area contributed by atoms with E-state index in [1.165, 1.54) is 18.3 Å². The average Bonchev–Trinajstić information content (AvgIpc) is 3.23. The second-order valence-electron chi connectivity index (χ2n) is 4.69. The molecule has 1 saturated carbocycles. The third-order valence-electron chi connectivity index (χ3n) is 3.04. The van der Waals surface area contributed by atoms with Crippen LogP contribution < -0.4 is 5.32 Å². The lowest BCUT2D eigenvalue weighted by Gasteiger charge is -2.09. The molecule has 6 heteroatoms. The first kappa shape index (κ1) is 12.5. The van der Waals surface area contributed by atoms with E-state index in [-0.39, 0.29) is 17.4 Å². The van der Waals surface area contributed by atoms with Crippen LogP contribution >= 0.6 is 0 Å². The number of halogens is 1. The molecule has 0 spiro atoms. The Morgan fingerprint density at radius 1 is 1.30 bits per heavy atom. The summed E-state index contributed by atoms with van der Waals surface area (Å²) in [6.45, 7) is 0. The standard InChI is InChI=1S/C14H12FN3O2/c15-9-3-1-8(2-4-9)12-16-7-11(14(19)20)13(18-12)17-10-5-6-10/h1-4,7,10H,5-6H2,(H,19,20)(H,16,17,18). The van der Waals surface area contributed by atoms with E-state index in [2.05, 4.69) is 15.3 Å². The monoisotopic (exact) mass is 273 g/mol. The van der Waals surface area contributed by atoms with E-state index < -0.39 is 5.97 Å². The summed E-state index contributed by atoms with van der Waals surface area (Å²) in [7, 11) is 0. The van der Waals surface area contributed by atoms with Crippen molar-refractivity contribution >= 4 is 11.8 Å². The molecule has 0 amide bonds. The van der Waals surface area contributed by atoms with E-state index in [0.717, 1.165) is 12.8 Å². The van der Waals surface area contributed by atoms with Gasteiger partial charge >= 0.3 is 5.97 Å². The topological polar surface area (TPSA) is 75.1 Å². The SMILES string of the molecule is O=C(O)c1cnc(-c2ccc(F)cc2)nc1NC1CC1. The van der Waals surface area contributed by atoms with Crippen molar-refractivity contribution in [3.05, 3.63) is 41.8 Å². The van der Waals surface area contributed by atoms with Gasteiger partial charge in [-0.3, -0.25) is 0 Å². The first-order chi connectivity index (χ1) is 9.63. The van der Waals surface area contributed by atoms with Gasteiger partial charge in [0.2, 0.25) is 0 Å². The number of anilines is 1. The molecular weight excluding hydrogens is 261 g/mol. The van der Waals surface area contributed by atoms with Crippen LogP contribution in [0.2, 0.25) is 0 Å². The summed E-state index contributed by atoms with van der Waals surface area (Å²) in [6.07, 6.45) is 3.29. The van der Waals surface area contributed by atoms with Crippen molar-refractivity contribution < 1.29 is 14.3 Å². The molecular formula is C14H12FN3O2. The number of aromatic carboxylic acids is 1. The maximum Gasteiger partial charge on any atom is 0.341 e. The quantitative estimate of drug-likeness (QED) is 0.895. The number of carboxylic acid groups (broad SMARTS) is 1. The van der Waals surface area contributed by atoms with Crippen LogP contribution in [0.5, 0.6) is 0 Å². The number of rotatable bonds is 4. The van der Waals surface area contributed by atoms with E-state index in [4.69, 9.17) is 5.11 Å². The van der Waals surface area contributed by atoms with E-state index in [1.807, 2.05) is 0 Å². The highest BCUT2D eigenvalue weighted by molar-refractivity contribution is 5.93. The van der Waals surface area contributed by atoms with Crippen LogP contribution in [-0.4, -0.2) is 27.1 Å². The highest BCUT2D eigenvalue weighted by Gasteiger charge is 2.24. The van der Waals surface area contributed by atoms with Gasteiger partial charge in [0.15, 0.2) is 5.82 Å². The molecule has 2 aromatic rings. The number of carboxylic acids is 1. The Labute approximate surface area is 114 Å². The Bertz CT molecular complexity index is 654. The maximum atomic E-state index is 12.9. The molecule has 0 radical (unpaired) electrons. The van der Waals surface area contributed by atoms with Crippen molar-refractivity contribution in [3.63, 3.8) is 0 Å². The van der Waals surface area contributed by atoms with Crippen molar-refractivity contribution in [3.8, 4) is 11.4 Å². The molecule has 102 valence electrons. The summed E-state index contributed by atoms with van der Waals surface area (Å²) >= 11 is 0. The summed E-state index contributed by atoms with van der Waals surface area (Å²) in [5, 5.41) is 12.2. The van der Waals surface area contributed by atoms with Crippen molar-refractivity contribution in [2.45, 2.75) is 18.9 Å². The third kappa shape index (κ3) is 2.59. The molecule has 1 aromatic carbocycles. The summed E-state index contributed by atoms with van der Waals surface area (Å²) < 4.78 is 12.9. The van der Waals surface area contributed by atoms with E-state index in [1.54, 1.807) is 12.1 Å². The minimum absolute atomic E-state index is 0.0442. The fraction of sp³-hybridized carbons (Fsp3) is 0.214. The number of benzene rings is 1. The van der Waals surface area contributed by atoms with Gasteiger partial charge in [0.25, 0.3) is 0 Å². The lowest BCUT2D eigenvalue weighted by Crippen LogP contribution is -2.11. The number of nitrogens with zero attached hydrogens (tertiary/aromatic N) is 2. The highest BCUT2D eigenvalue weighted by atomic mass is 19.1. The van der Waals surface area contributed by atoms with Gasteiger partial charge < -0.3 is 10.4 Å². The van der Waals surface area contributed by atoms with Gasteiger partial charge in [-0.2, -0.15) is 0 Å². The predicted molar refractivity (Wildman–Crippen MR) is 71.0 cm³/mol. The molecule has 2 N–H and O–H groups in total. The van der Waals surface area contributed by atoms with Crippen LogP contribution in [-0.2, 0) is 0 Å². The molecule has 1 heterocycles. The molecule has 0 bridgehead atoms. The smallest absolute Gasteiger partial charge is 0.341 e. The van der Waals surface area contributed by atoms with Crippen LogP contribution in [0.25, 0.3) is 11.4 Å². The lowest BCUT2D eigenvalue weighted by atomic mass is 10.2. The molecule has 0 saturated heterocycles. The van der Waals surface area contributed by atoms with Gasteiger partial charge in [0, 0.05) is 17.8 Å². The lowest BCUT2D eigenvalue weighted by molar-refractivity contribution is 0.0697. The Morgan fingerprint density at radius 3 is 2.60 bits per heavy atom. The molecule has 1 aromatic heterocycles. The summed E-state index contributed by atoms with van der Waals surface area (Å²) in [4.78, 5) is 19.4. The summed E-state index contributed by atoms with van der Waals surface area (Å²) in [5.41, 5.74) is 0.685. The van der Waals surface area contributed by atoms with E-state index in [9.17, 15) is 9.18 Å². The highest BCUT2D eigenvalue weighted by Crippen LogP contribution is 2.27. The van der Waals surface area contributed by atoms with Crippen LogP contribution in [0.4, 0.5) is 10.2 Å². The van der Waals surface area contributed by atoms with Gasteiger partial charge in [-0.1, -0.05) is 0 Å². The van der Waals surface area contributed by atoms with Gasteiger partial charge in [0.1, 0.15) is 17.2 Å². The minimum Gasteiger partial charge on any atom is -0.477 e. The minimum atomic E-state index is -1.07. The Hall–Kier alpha value is -2.50. The fourth-order valence-electron chi connectivity index (χ4n) is 1.81. The molecule has 0 unspecified atom stereocenters. The normalized spacial score (nSPS) is 14.1. The first-order valence-electron chi connectivity index (χ1n) is 6.26. The van der Waals surface area contributed by atoms with Gasteiger partial charge in [-0.15, -0.1) is 0 Å². The zero-order valence-electron chi connectivity index (χ0n) is 10.5. The summed E-state index contributed by atoms with van der Waals surface area (Å²) in [5.74, 6) is -0.724. The van der Waals surface area contributed by atoms with Crippen molar-refractivity contribution in [2.24, 2.45) is 0 Å². The molecule has 1 fully saturated rings. The van der Waals surface area contributed by atoms with Gasteiger partial charge in [0.05, 0.1) is 0 Å². The van der Waals surface area contributed by atoms with E-state index in [0.29, 0.717) is 17.2 Å².